The lowest BCUT2D eigenvalue weighted by atomic mass is 10.1. The van der Waals surface area contributed by atoms with Crippen molar-refractivity contribution in [2.24, 2.45) is 0 Å². The Hall–Kier alpha value is -0.450. The SMILES string of the molecule is CCCc1cccc(C)c1S(=O)(O)=S. The van der Waals surface area contributed by atoms with E-state index in [-0.39, 0.29) is 0 Å². The maximum absolute atomic E-state index is 11.5. The number of hydrogen-bond acceptors (Lipinski definition) is 2. The lowest BCUT2D eigenvalue weighted by molar-refractivity contribution is 0.559. The molecule has 0 aliphatic carbocycles. The van der Waals surface area contributed by atoms with Gasteiger partial charge in [0, 0.05) is 11.2 Å². The lowest BCUT2D eigenvalue weighted by Gasteiger charge is -2.10. The molecule has 0 aliphatic heterocycles. The van der Waals surface area contributed by atoms with Crippen LogP contribution in [0.15, 0.2) is 23.1 Å². The fourth-order valence-electron chi connectivity index (χ4n) is 1.55. The first-order chi connectivity index (χ1) is 6.46. The van der Waals surface area contributed by atoms with Crippen LogP contribution in [0.4, 0.5) is 0 Å². The van der Waals surface area contributed by atoms with Crippen molar-refractivity contribution in [3.05, 3.63) is 29.3 Å². The van der Waals surface area contributed by atoms with Gasteiger partial charge in [0.1, 0.15) is 0 Å². The fraction of sp³-hybridized carbons (Fsp3) is 0.400. The summed E-state index contributed by atoms with van der Waals surface area (Å²) >= 11 is 4.62. The van der Waals surface area contributed by atoms with E-state index >= 15 is 0 Å². The van der Waals surface area contributed by atoms with Gasteiger partial charge in [-0.2, -0.15) is 0 Å². The second-order valence-electron chi connectivity index (χ2n) is 3.29. The van der Waals surface area contributed by atoms with E-state index < -0.39 is 8.77 Å². The van der Waals surface area contributed by atoms with Gasteiger partial charge in [-0.3, -0.25) is 0 Å². The van der Waals surface area contributed by atoms with Crippen LogP contribution in [0.3, 0.4) is 0 Å². The molecule has 78 valence electrons. The smallest absolute Gasteiger partial charge is 0.171 e. The van der Waals surface area contributed by atoms with E-state index in [1.165, 1.54) is 0 Å². The summed E-state index contributed by atoms with van der Waals surface area (Å²) in [6, 6.07) is 5.58. The monoisotopic (exact) mass is 230 g/mol. The predicted molar refractivity (Wildman–Crippen MR) is 61.6 cm³/mol. The van der Waals surface area contributed by atoms with Crippen LogP contribution >= 0.6 is 0 Å². The minimum absolute atomic E-state index is 0.442. The van der Waals surface area contributed by atoms with Crippen molar-refractivity contribution in [1.82, 2.24) is 0 Å². The molecule has 0 radical (unpaired) electrons. The van der Waals surface area contributed by atoms with Crippen molar-refractivity contribution < 1.29 is 8.76 Å². The standard InChI is InChI=1S/C10H14O2S2/c1-3-5-9-7-4-6-8(2)10(9)14(11,12)13/h4,6-7H,3,5H2,1-2H3,(H,11,12,13). The van der Waals surface area contributed by atoms with Gasteiger partial charge in [0.15, 0.2) is 8.77 Å². The Morgan fingerprint density at radius 3 is 2.64 bits per heavy atom. The van der Waals surface area contributed by atoms with Crippen molar-refractivity contribution in [2.75, 3.05) is 0 Å². The molecule has 14 heavy (non-hydrogen) atoms. The molecule has 0 heterocycles. The van der Waals surface area contributed by atoms with Gasteiger partial charge in [0.05, 0.1) is 4.90 Å². The molecule has 1 N–H and O–H groups in total. The molecule has 0 aliphatic rings. The van der Waals surface area contributed by atoms with E-state index in [0.717, 1.165) is 24.0 Å². The Morgan fingerprint density at radius 2 is 2.14 bits per heavy atom. The van der Waals surface area contributed by atoms with E-state index in [1.54, 1.807) is 0 Å². The van der Waals surface area contributed by atoms with Gasteiger partial charge in [0.2, 0.25) is 0 Å². The topological polar surface area (TPSA) is 37.3 Å². The lowest BCUT2D eigenvalue weighted by Crippen LogP contribution is -2.04. The molecular formula is C10H14O2S2. The number of hydrogen-bond donors (Lipinski definition) is 1. The van der Waals surface area contributed by atoms with Gasteiger partial charge in [-0.1, -0.05) is 31.5 Å². The molecule has 1 aromatic carbocycles. The molecule has 1 atom stereocenters. The highest BCUT2D eigenvalue weighted by atomic mass is 32.8. The Bertz CT molecular complexity index is 422. The summed E-state index contributed by atoms with van der Waals surface area (Å²) in [6.07, 6.45) is 1.74. The van der Waals surface area contributed by atoms with Crippen LogP contribution in [0, 0.1) is 6.92 Å². The van der Waals surface area contributed by atoms with Gasteiger partial charge < -0.3 is 4.55 Å². The third-order valence-electron chi connectivity index (χ3n) is 2.07. The zero-order valence-corrected chi connectivity index (χ0v) is 9.95. The largest absolute Gasteiger partial charge is 0.302 e. The van der Waals surface area contributed by atoms with Crippen molar-refractivity contribution >= 4 is 20.0 Å². The highest BCUT2D eigenvalue weighted by Gasteiger charge is 2.13. The van der Waals surface area contributed by atoms with Crippen molar-refractivity contribution in [2.45, 2.75) is 31.6 Å². The van der Waals surface area contributed by atoms with Crippen molar-refractivity contribution in [3.63, 3.8) is 0 Å². The maximum Gasteiger partial charge on any atom is 0.171 e. The van der Waals surface area contributed by atoms with Crippen LogP contribution in [0.5, 0.6) is 0 Å². The maximum atomic E-state index is 11.5. The molecule has 1 unspecified atom stereocenters. The van der Waals surface area contributed by atoms with E-state index in [4.69, 9.17) is 0 Å². The summed E-state index contributed by atoms with van der Waals surface area (Å²) in [5, 5.41) is 0. The molecular weight excluding hydrogens is 216 g/mol. The molecule has 1 aromatic rings. The molecule has 0 saturated carbocycles. The van der Waals surface area contributed by atoms with Gasteiger partial charge in [-0.25, -0.2) is 4.21 Å². The summed E-state index contributed by atoms with van der Waals surface area (Å²) in [5.41, 5.74) is 1.70. The number of rotatable bonds is 3. The first kappa shape index (κ1) is 11.6. The average Bonchev–Trinajstić information content (AvgIpc) is 2.02. The molecule has 2 nitrogen and oxygen atoms in total. The van der Waals surface area contributed by atoms with Crippen molar-refractivity contribution in [1.29, 1.82) is 0 Å². The number of aryl methyl sites for hydroxylation is 2. The van der Waals surface area contributed by atoms with E-state index in [1.807, 2.05) is 32.0 Å². The number of benzene rings is 1. The molecule has 4 heteroatoms. The van der Waals surface area contributed by atoms with Crippen LogP contribution in [0.1, 0.15) is 24.5 Å². The normalized spacial score (nSPS) is 15.1. The summed E-state index contributed by atoms with van der Waals surface area (Å²) in [6.45, 7) is 3.85. The predicted octanol–water partition coefficient (Wildman–Crippen LogP) is 2.53. The molecule has 0 fully saturated rings. The van der Waals surface area contributed by atoms with Crippen LogP contribution in [-0.4, -0.2) is 8.76 Å². The fourth-order valence-corrected chi connectivity index (χ4v) is 3.24. The van der Waals surface area contributed by atoms with Crippen LogP contribution in [0.2, 0.25) is 0 Å². The highest BCUT2D eigenvalue weighted by molar-refractivity contribution is 8.29. The van der Waals surface area contributed by atoms with Crippen LogP contribution in [-0.2, 0) is 26.4 Å². The van der Waals surface area contributed by atoms with Gasteiger partial charge in [-0.05, 0) is 24.5 Å². The van der Waals surface area contributed by atoms with Gasteiger partial charge in [-0.15, -0.1) is 0 Å². The summed E-state index contributed by atoms with van der Waals surface area (Å²) in [7, 11) is -3.25. The first-order valence-corrected chi connectivity index (χ1v) is 6.96. The molecule has 0 bridgehead atoms. The zero-order chi connectivity index (χ0) is 10.8. The summed E-state index contributed by atoms with van der Waals surface area (Å²) < 4.78 is 20.9. The van der Waals surface area contributed by atoms with Crippen LogP contribution in [0.25, 0.3) is 0 Å². The second-order valence-corrected chi connectivity index (χ2v) is 6.00. The van der Waals surface area contributed by atoms with Gasteiger partial charge in [0.25, 0.3) is 0 Å². The Labute approximate surface area is 89.8 Å². The second kappa shape index (κ2) is 4.38. The van der Waals surface area contributed by atoms with E-state index in [2.05, 4.69) is 11.2 Å². The summed E-state index contributed by atoms with van der Waals surface area (Å²) in [4.78, 5) is 0.442. The Kier molecular flexibility index (Phi) is 3.64. The van der Waals surface area contributed by atoms with E-state index in [0.29, 0.717) is 4.90 Å². The molecule has 0 saturated heterocycles. The third kappa shape index (κ3) is 2.53. The molecule has 0 aromatic heterocycles. The Balaban J connectivity index is 3.37. The highest BCUT2D eigenvalue weighted by Crippen LogP contribution is 2.21. The first-order valence-electron chi connectivity index (χ1n) is 4.52. The molecule has 0 amide bonds. The molecule has 1 rings (SSSR count). The minimum Gasteiger partial charge on any atom is -0.302 e. The summed E-state index contributed by atoms with van der Waals surface area (Å²) in [5.74, 6) is 0. The molecule has 0 spiro atoms. The van der Waals surface area contributed by atoms with E-state index in [9.17, 15) is 8.76 Å². The quantitative estimate of drug-likeness (QED) is 0.867. The van der Waals surface area contributed by atoms with Crippen molar-refractivity contribution in [3.8, 4) is 0 Å². The zero-order valence-electron chi connectivity index (χ0n) is 8.32. The minimum atomic E-state index is -3.25. The average molecular weight is 230 g/mol. The Morgan fingerprint density at radius 1 is 1.50 bits per heavy atom. The third-order valence-corrected chi connectivity index (χ3v) is 3.67. The van der Waals surface area contributed by atoms with Crippen LogP contribution < -0.4 is 0 Å². The van der Waals surface area contributed by atoms with Gasteiger partial charge >= 0.3 is 0 Å².